The number of rotatable bonds is 2. The van der Waals surface area contributed by atoms with Gasteiger partial charge in [0.05, 0.1) is 13.2 Å². The molecule has 1 saturated heterocycles. The molecule has 1 fully saturated rings. The zero-order chi connectivity index (χ0) is 11.8. The number of halogens is 3. The van der Waals surface area contributed by atoms with Crippen LogP contribution in [0.5, 0.6) is 5.75 Å². The van der Waals surface area contributed by atoms with Crippen LogP contribution in [0.25, 0.3) is 0 Å². The Morgan fingerprint density at radius 3 is 2.50 bits per heavy atom. The first-order valence-corrected chi connectivity index (χ1v) is 4.83. The summed E-state index contributed by atoms with van der Waals surface area (Å²) in [6.45, 7) is 3.01. The molecule has 0 aromatic heterocycles. The molecule has 16 heavy (non-hydrogen) atoms. The number of hydrogen-bond donors (Lipinski definition) is 0. The van der Waals surface area contributed by atoms with Crippen molar-refractivity contribution in [2.75, 3.05) is 13.2 Å². The van der Waals surface area contributed by atoms with Crippen LogP contribution in [0.15, 0.2) is 24.3 Å². The Morgan fingerprint density at radius 1 is 1.31 bits per heavy atom. The van der Waals surface area contributed by atoms with E-state index in [0.29, 0.717) is 13.2 Å². The van der Waals surface area contributed by atoms with E-state index in [-0.39, 0.29) is 11.2 Å². The smallest absolute Gasteiger partial charge is 0.406 e. The van der Waals surface area contributed by atoms with E-state index in [0.717, 1.165) is 5.56 Å². The lowest BCUT2D eigenvalue weighted by Crippen LogP contribution is -2.43. The Kier molecular flexibility index (Phi) is 2.58. The highest BCUT2D eigenvalue weighted by atomic mass is 19.4. The van der Waals surface area contributed by atoms with Crippen LogP contribution < -0.4 is 4.74 Å². The summed E-state index contributed by atoms with van der Waals surface area (Å²) in [6, 6.07) is 6.04. The second kappa shape index (κ2) is 3.66. The molecule has 1 heterocycles. The maximum absolute atomic E-state index is 12.0. The molecule has 88 valence electrons. The molecule has 2 nitrogen and oxygen atoms in total. The third-order valence-electron chi connectivity index (χ3n) is 2.61. The van der Waals surface area contributed by atoms with E-state index in [4.69, 9.17) is 4.74 Å². The van der Waals surface area contributed by atoms with E-state index >= 15 is 0 Å². The third kappa shape index (κ3) is 2.29. The quantitative estimate of drug-likeness (QED) is 0.780. The molecule has 0 spiro atoms. The Hall–Kier alpha value is -1.23. The average molecular weight is 232 g/mol. The minimum absolute atomic E-state index is 0.182. The van der Waals surface area contributed by atoms with Gasteiger partial charge in [-0.2, -0.15) is 0 Å². The van der Waals surface area contributed by atoms with Crippen LogP contribution in [0.1, 0.15) is 12.5 Å². The van der Waals surface area contributed by atoms with Crippen LogP contribution in [-0.2, 0) is 10.2 Å². The first kappa shape index (κ1) is 11.3. The van der Waals surface area contributed by atoms with Gasteiger partial charge < -0.3 is 9.47 Å². The van der Waals surface area contributed by atoms with Gasteiger partial charge in [0.15, 0.2) is 0 Å². The molecule has 1 aromatic carbocycles. The van der Waals surface area contributed by atoms with Crippen molar-refractivity contribution in [2.24, 2.45) is 0 Å². The summed E-state index contributed by atoms with van der Waals surface area (Å²) in [4.78, 5) is 0. The Labute approximate surface area is 91.0 Å². The Bertz CT molecular complexity index is 383. The van der Waals surface area contributed by atoms with Crippen molar-refractivity contribution in [3.8, 4) is 5.75 Å². The van der Waals surface area contributed by atoms with Crippen molar-refractivity contribution < 1.29 is 22.6 Å². The highest BCUT2D eigenvalue weighted by Gasteiger charge is 2.36. The van der Waals surface area contributed by atoms with Crippen molar-refractivity contribution in [1.82, 2.24) is 0 Å². The van der Waals surface area contributed by atoms with Gasteiger partial charge in [-0.25, -0.2) is 0 Å². The second-order valence-corrected chi connectivity index (χ2v) is 4.13. The van der Waals surface area contributed by atoms with Gasteiger partial charge in [-0.05, 0) is 17.7 Å². The fraction of sp³-hybridized carbons (Fsp3) is 0.455. The fourth-order valence-corrected chi connectivity index (χ4v) is 1.64. The van der Waals surface area contributed by atoms with Gasteiger partial charge in [-0.15, -0.1) is 13.2 Å². The van der Waals surface area contributed by atoms with Crippen LogP contribution >= 0.6 is 0 Å². The molecule has 0 radical (unpaired) electrons. The summed E-state index contributed by atoms with van der Waals surface area (Å²) in [5, 5.41) is 0. The second-order valence-electron chi connectivity index (χ2n) is 4.13. The van der Waals surface area contributed by atoms with Crippen LogP contribution in [-0.4, -0.2) is 19.6 Å². The number of hydrogen-bond acceptors (Lipinski definition) is 2. The molecular formula is C11H11F3O2. The normalized spacial score (nSPS) is 19.0. The summed E-state index contributed by atoms with van der Waals surface area (Å²) in [5.74, 6) is -0.182. The minimum Gasteiger partial charge on any atom is -0.406 e. The lowest BCUT2D eigenvalue weighted by atomic mass is 9.81. The van der Waals surface area contributed by atoms with Crippen molar-refractivity contribution >= 4 is 0 Å². The van der Waals surface area contributed by atoms with E-state index in [1.807, 2.05) is 6.92 Å². The molecule has 0 N–H and O–H groups in total. The Balaban J connectivity index is 2.20. The SMILES string of the molecule is CC1(c2cccc(OC(F)(F)F)c2)COC1. The zero-order valence-corrected chi connectivity index (χ0v) is 8.67. The molecule has 0 amide bonds. The van der Waals surface area contributed by atoms with Crippen LogP contribution in [0.4, 0.5) is 13.2 Å². The van der Waals surface area contributed by atoms with Gasteiger partial charge in [-0.1, -0.05) is 19.1 Å². The van der Waals surface area contributed by atoms with E-state index in [2.05, 4.69) is 4.74 Å². The van der Waals surface area contributed by atoms with E-state index < -0.39 is 6.36 Å². The fourth-order valence-electron chi connectivity index (χ4n) is 1.64. The molecule has 1 aliphatic rings. The molecule has 1 aromatic rings. The summed E-state index contributed by atoms with van der Waals surface area (Å²) in [6.07, 6.45) is -4.64. The van der Waals surface area contributed by atoms with Gasteiger partial charge in [-0.3, -0.25) is 0 Å². The van der Waals surface area contributed by atoms with E-state index in [1.54, 1.807) is 12.1 Å². The van der Waals surface area contributed by atoms with Crippen molar-refractivity contribution in [3.63, 3.8) is 0 Å². The third-order valence-corrected chi connectivity index (χ3v) is 2.61. The summed E-state index contributed by atoms with van der Waals surface area (Å²) in [5.41, 5.74) is 0.617. The van der Waals surface area contributed by atoms with E-state index in [1.165, 1.54) is 12.1 Å². The molecule has 0 unspecified atom stereocenters. The number of ether oxygens (including phenoxy) is 2. The number of alkyl halides is 3. The monoisotopic (exact) mass is 232 g/mol. The maximum atomic E-state index is 12.0. The lowest BCUT2D eigenvalue weighted by Gasteiger charge is -2.38. The van der Waals surface area contributed by atoms with Gasteiger partial charge in [0.2, 0.25) is 0 Å². The zero-order valence-electron chi connectivity index (χ0n) is 8.67. The standard InChI is InChI=1S/C11H11F3O2/c1-10(6-15-7-10)8-3-2-4-9(5-8)16-11(12,13)14/h2-5H,6-7H2,1H3. The largest absolute Gasteiger partial charge is 0.573 e. The summed E-state index contributed by atoms with van der Waals surface area (Å²) < 4.78 is 45.0. The highest BCUT2D eigenvalue weighted by molar-refractivity contribution is 5.35. The first-order chi connectivity index (χ1) is 7.39. The van der Waals surface area contributed by atoms with Crippen molar-refractivity contribution in [3.05, 3.63) is 29.8 Å². The summed E-state index contributed by atoms with van der Waals surface area (Å²) in [7, 11) is 0. The first-order valence-electron chi connectivity index (χ1n) is 4.83. The highest BCUT2D eigenvalue weighted by Crippen LogP contribution is 2.34. The van der Waals surface area contributed by atoms with Crippen LogP contribution in [0.2, 0.25) is 0 Å². The van der Waals surface area contributed by atoms with E-state index in [9.17, 15) is 13.2 Å². The molecule has 0 saturated carbocycles. The van der Waals surface area contributed by atoms with Gasteiger partial charge >= 0.3 is 6.36 Å². The maximum Gasteiger partial charge on any atom is 0.573 e. The topological polar surface area (TPSA) is 18.5 Å². The van der Waals surface area contributed by atoms with Crippen LogP contribution in [0.3, 0.4) is 0 Å². The minimum atomic E-state index is -4.64. The Morgan fingerprint density at radius 2 is 2.00 bits per heavy atom. The van der Waals surface area contributed by atoms with Crippen LogP contribution in [0, 0.1) is 0 Å². The molecule has 0 bridgehead atoms. The predicted octanol–water partition coefficient (Wildman–Crippen LogP) is 2.87. The molecule has 0 atom stereocenters. The van der Waals surface area contributed by atoms with Gasteiger partial charge in [0.1, 0.15) is 5.75 Å². The van der Waals surface area contributed by atoms with Crippen molar-refractivity contribution in [1.29, 1.82) is 0 Å². The molecule has 2 rings (SSSR count). The lowest BCUT2D eigenvalue weighted by molar-refractivity contribution is -0.274. The van der Waals surface area contributed by atoms with Crippen molar-refractivity contribution in [2.45, 2.75) is 18.7 Å². The summed E-state index contributed by atoms with van der Waals surface area (Å²) >= 11 is 0. The molecule has 0 aliphatic carbocycles. The van der Waals surface area contributed by atoms with Gasteiger partial charge in [0, 0.05) is 5.41 Å². The molecule has 1 aliphatic heterocycles. The molecule has 5 heteroatoms. The number of benzene rings is 1. The average Bonchev–Trinajstić information content (AvgIpc) is 2.12. The van der Waals surface area contributed by atoms with Gasteiger partial charge in [0.25, 0.3) is 0 Å². The predicted molar refractivity (Wildman–Crippen MR) is 51.3 cm³/mol. The molecular weight excluding hydrogens is 221 g/mol.